The number of rotatable bonds is 4. The fourth-order valence-electron chi connectivity index (χ4n) is 1.70. The molecule has 2 aromatic rings. The Morgan fingerprint density at radius 3 is 2.94 bits per heavy atom. The number of nitrogens with one attached hydrogen (secondary N) is 1. The third-order valence-electron chi connectivity index (χ3n) is 2.72. The highest BCUT2D eigenvalue weighted by atomic mass is 16.4. The topological polar surface area (TPSA) is 80.0 Å². The number of hydrogen-bond donors (Lipinski definition) is 2. The second-order valence-corrected chi connectivity index (χ2v) is 4.03. The molecule has 0 aliphatic rings. The van der Waals surface area contributed by atoms with Crippen LogP contribution in [-0.4, -0.2) is 31.9 Å². The van der Waals surface area contributed by atoms with E-state index in [-0.39, 0.29) is 11.6 Å². The molecule has 18 heavy (non-hydrogen) atoms. The van der Waals surface area contributed by atoms with Gasteiger partial charge in [-0.1, -0.05) is 6.08 Å². The van der Waals surface area contributed by atoms with Crippen molar-refractivity contribution in [1.29, 1.82) is 0 Å². The van der Waals surface area contributed by atoms with Gasteiger partial charge in [0.1, 0.15) is 5.56 Å². The molecule has 0 spiro atoms. The van der Waals surface area contributed by atoms with E-state index < -0.39 is 5.97 Å². The maximum Gasteiger partial charge on any atom is 0.339 e. The fourth-order valence-corrected chi connectivity index (χ4v) is 1.70. The molecule has 0 amide bonds. The molecule has 2 N–H and O–H groups in total. The van der Waals surface area contributed by atoms with Crippen LogP contribution in [0.3, 0.4) is 0 Å². The van der Waals surface area contributed by atoms with E-state index in [9.17, 15) is 9.90 Å². The van der Waals surface area contributed by atoms with E-state index in [0.29, 0.717) is 16.7 Å². The SMILES string of the molecule is C=CC(C)Nc1c(C(=O)O)cnc2c1cnn2C. The smallest absolute Gasteiger partial charge is 0.339 e. The minimum Gasteiger partial charge on any atom is -0.478 e. The summed E-state index contributed by atoms with van der Waals surface area (Å²) in [6.45, 7) is 5.56. The Kier molecular flexibility index (Phi) is 3.01. The molecule has 0 saturated carbocycles. The van der Waals surface area contributed by atoms with Crippen molar-refractivity contribution in [2.24, 2.45) is 7.05 Å². The lowest BCUT2D eigenvalue weighted by Crippen LogP contribution is -2.15. The Morgan fingerprint density at radius 2 is 2.33 bits per heavy atom. The number of carbonyl (C=O) groups is 1. The number of hydrogen-bond acceptors (Lipinski definition) is 4. The van der Waals surface area contributed by atoms with Crippen LogP contribution in [0, 0.1) is 0 Å². The van der Waals surface area contributed by atoms with Crippen LogP contribution < -0.4 is 5.32 Å². The summed E-state index contributed by atoms with van der Waals surface area (Å²) in [5.41, 5.74) is 1.29. The average Bonchev–Trinajstić information content (AvgIpc) is 2.71. The molecule has 1 unspecified atom stereocenters. The minimum atomic E-state index is -1.02. The standard InChI is InChI=1S/C12H14N4O2/c1-4-7(2)15-10-8-6-14-16(3)11(8)13-5-9(10)12(17)18/h4-7H,1H2,2-3H3,(H,13,15)(H,17,18). The molecule has 6 nitrogen and oxygen atoms in total. The second kappa shape index (κ2) is 4.48. The fraction of sp³-hybridized carbons (Fsp3) is 0.250. The molecular weight excluding hydrogens is 232 g/mol. The number of fused-ring (bicyclic) bond motifs is 1. The molecule has 0 aliphatic carbocycles. The summed E-state index contributed by atoms with van der Waals surface area (Å²) in [4.78, 5) is 15.3. The van der Waals surface area contributed by atoms with Crippen LogP contribution in [0.2, 0.25) is 0 Å². The van der Waals surface area contributed by atoms with Crippen molar-refractivity contribution in [2.45, 2.75) is 13.0 Å². The summed E-state index contributed by atoms with van der Waals surface area (Å²) in [6, 6.07) is -0.0473. The zero-order valence-corrected chi connectivity index (χ0v) is 10.2. The molecule has 6 heteroatoms. The van der Waals surface area contributed by atoms with E-state index >= 15 is 0 Å². The van der Waals surface area contributed by atoms with Crippen LogP contribution in [0.25, 0.3) is 11.0 Å². The Morgan fingerprint density at radius 1 is 1.61 bits per heavy atom. The van der Waals surface area contributed by atoms with Gasteiger partial charge < -0.3 is 10.4 Å². The number of pyridine rings is 1. The second-order valence-electron chi connectivity index (χ2n) is 4.03. The molecule has 0 fully saturated rings. The van der Waals surface area contributed by atoms with Gasteiger partial charge in [0.15, 0.2) is 5.65 Å². The molecule has 2 rings (SSSR count). The number of carboxylic acid groups (broad SMARTS) is 1. The predicted molar refractivity (Wildman–Crippen MR) is 68.8 cm³/mol. The third-order valence-corrected chi connectivity index (χ3v) is 2.72. The van der Waals surface area contributed by atoms with Crippen molar-refractivity contribution >= 4 is 22.7 Å². The number of carboxylic acids is 1. The average molecular weight is 246 g/mol. The lowest BCUT2D eigenvalue weighted by molar-refractivity contribution is 0.0697. The van der Waals surface area contributed by atoms with E-state index in [1.165, 1.54) is 6.20 Å². The van der Waals surface area contributed by atoms with Gasteiger partial charge in [-0.3, -0.25) is 4.68 Å². The molecule has 0 aliphatic heterocycles. The molecular formula is C12H14N4O2. The first kappa shape index (κ1) is 12.1. The Balaban J connectivity index is 2.66. The van der Waals surface area contributed by atoms with Crippen molar-refractivity contribution in [3.05, 3.63) is 30.6 Å². The zero-order valence-electron chi connectivity index (χ0n) is 10.2. The number of aromatic nitrogens is 3. The monoisotopic (exact) mass is 246 g/mol. The third kappa shape index (κ3) is 1.92. The maximum absolute atomic E-state index is 11.2. The Hall–Kier alpha value is -2.37. The van der Waals surface area contributed by atoms with Gasteiger partial charge in [-0.05, 0) is 6.92 Å². The normalized spacial score (nSPS) is 12.3. The first-order valence-electron chi connectivity index (χ1n) is 5.47. The highest BCUT2D eigenvalue weighted by Gasteiger charge is 2.17. The Labute approximate surface area is 104 Å². The summed E-state index contributed by atoms with van der Waals surface area (Å²) < 4.78 is 1.60. The van der Waals surface area contributed by atoms with Gasteiger partial charge in [-0.15, -0.1) is 6.58 Å². The van der Waals surface area contributed by atoms with Crippen LogP contribution in [0.4, 0.5) is 5.69 Å². The van der Waals surface area contributed by atoms with Crippen molar-refractivity contribution in [2.75, 3.05) is 5.32 Å². The highest BCUT2D eigenvalue weighted by molar-refractivity contribution is 6.03. The quantitative estimate of drug-likeness (QED) is 0.802. The molecule has 94 valence electrons. The molecule has 0 radical (unpaired) electrons. The number of nitrogens with zero attached hydrogens (tertiary/aromatic N) is 3. The number of anilines is 1. The van der Waals surface area contributed by atoms with Crippen molar-refractivity contribution in [3.63, 3.8) is 0 Å². The van der Waals surface area contributed by atoms with Gasteiger partial charge in [0, 0.05) is 19.3 Å². The van der Waals surface area contributed by atoms with Gasteiger partial charge in [0.25, 0.3) is 0 Å². The van der Waals surface area contributed by atoms with E-state index in [4.69, 9.17) is 0 Å². The molecule has 0 aromatic carbocycles. The van der Waals surface area contributed by atoms with Gasteiger partial charge in [0.05, 0.1) is 17.3 Å². The van der Waals surface area contributed by atoms with Crippen LogP contribution >= 0.6 is 0 Å². The molecule has 2 aromatic heterocycles. The van der Waals surface area contributed by atoms with E-state index in [2.05, 4.69) is 22.0 Å². The minimum absolute atomic E-state index is 0.0473. The van der Waals surface area contributed by atoms with E-state index in [1.807, 2.05) is 6.92 Å². The van der Waals surface area contributed by atoms with Crippen molar-refractivity contribution < 1.29 is 9.90 Å². The lowest BCUT2D eigenvalue weighted by Gasteiger charge is -2.14. The van der Waals surface area contributed by atoms with Gasteiger partial charge in [-0.2, -0.15) is 5.10 Å². The molecule has 2 heterocycles. The van der Waals surface area contributed by atoms with Crippen LogP contribution in [0.1, 0.15) is 17.3 Å². The largest absolute Gasteiger partial charge is 0.478 e. The number of aromatic carboxylic acids is 1. The predicted octanol–water partition coefficient (Wildman–Crippen LogP) is 1.65. The van der Waals surface area contributed by atoms with Gasteiger partial charge in [-0.25, -0.2) is 9.78 Å². The summed E-state index contributed by atoms with van der Waals surface area (Å²) in [5, 5.41) is 17.1. The number of aryl methyl sites for hydroxylation is 1. The summed E-state index contributed by atoms with van der Waals surface area (Å²) in [7, 11) is 1.76. The Bertz CT molecular complexity index is 618. The summed E-state index contributed by atoms with van der Waals surface area (Å²) >= 11 is 0. The molecule has 0 bridgehead atoms. The zero-order chi connectivity index (χ0) is 13.3. The van der Waals surface area contributed by atoms with Crippen LogP contribution in [0.5, 0.6) is 0 Å². The maximum atomic E-state index is 11.2. The highest BCUT2D eigenvalue weighted by Crippen LogP contribution is 2.26. The van der Waals surface area contributed by atoms with Gasteiger partial charge >= 0.3 is 5.97 Å². The van der Waals surface area contributed by atoms with Crippen molar-refractivity contribution in [3.8, 4) is 0 Å². The van der Waals surface area contributed by atoms with Crippen molar-refractivity contribution in [1.82, 2.24) is 14.8 Å². The van der Waals surface area contributed by atoms with Crippen LogP contribution in [0.15, 0.2) is 25.0 Å². The first-order chi connectivity index (χ1) is 8.54. The van der Waals surface area contributed by atoms with Gasteiger partial charge in [0.2, 0.25) is 0 Å². The molecule has 1 atom stereocenters. The van der Waals surface area contributed by atoms with Crippen LogP contribution in [-0.2, 0) is 7.05 Å². The summed E-state index contributed by atoms with van der Waals surface area (Å²) in [6.07, 6.45) is 4.64. The first-order valence-corrected chi connectivity index (χ1v) is 5.47. The van der Waals surface area contributed by atoms with E-state index in [1.54, 1.807) is 24.0 Å². The molecule has 0 saturated heterocycles. The summed E-state index contributed by atoms with van der Waals surface area (Å²) in [5.74, 6) is -1.02. The van der Waals surface area contributed by atoms with E-state index in [0.717, 1.165) is 0 Å². The lowest BCUT2D eigenvalue weighted by atomic mass is 10.1.